The fourth-order valence-electron chi connectivity index (χ4n) is 7.75. The Hall–Kier alpha value is -4.45. The summed E-state index contributed by atoms with van der Waals surface area (Å²) in [6.07, 6.45) is 84.6. The molecule has 412 valence electrons. The Morgan fingerprint density at radius 2 is 0.562 bits per heavy atom. The number of unbranched alkanes of at least 4 members (excludes halogenated alkanes) is 19. The van der Waals surface area contributed by atoms with Crippen LogP contribution in [0, 0.1) is 0 Å². The summed E-state index contributed by atoms with van der Waals surface area (Å²) in [5.41, 5.74) is 0. The van der Waals surface area contributed by atoms with E-state index in [9.17, 15) is 14.4 Å². The van der Waals surface area contributed by atoms with E-state index in [4.69, 9.17) is 14.2 Å². The summed E-state index contributed by atoms with van der Waals surface area (Å²) in [7, 11) is 0. The molecule has 0 aliphatic carbocycles. The number of carbonyl (C=O) groups excluding carboxylic acids is 3. The maximum Gasteiger partial charge on any atom is 0.306 e. The predicted octanol–water partition coefficient (Wildman–Crippen LogP) is 20.2. The van der Waals surface area contributed by atoms with Crippen molar-refractivity contribution < 1.29 is 28.6 Å². The van der Waals surface area contributed by atoms with Crippen molar-refractivity contribution in [3.8, 4) is 0 Å². The van der Waals surface area contributed by atoms with Gasteiger partial charge in [-0.15, -0.1) is 0 Å². The second-order valence-electron chi connectivity index (χ2n) is 19.1. The summed E-state index contributed by atoms with van der Waals surface area (Å²) in [6.45, 7) is 6.30. The molecule has 0 saturated heterocycles. The smallest absolute Gasteiger partial charge is 0.306 e. The van der Waals surface area contributed by atoms with Crippen LogP contribution in [-0.4, -0.2) is 37.2 Å². The highest BCUT2D eigenvalue weighted by Crippen LogP contribution is 2.14. The summed E-state index contributed by atoms with van der Waals surface area (Å²) < 4.78 is 16.8. The Morgan fingerprint density at radius 3 is 0.932 bits per heavy atom. The number of allylic oxidation sites excluding steroid dienone is 22. The molecule has 6 nitrogen and oxygen atoms in total. The third kappa shape index (κ3) is 58.3. The minimum Gasteiger partial charge on any atom is -0.462 e. The third-order valence-electron chi connectivity index (χ3n) is 12.1. The molecule has 0 saturated carbocycles. The highest BCUT2D eigenvalue weighted by atomic mass is 16.6. The average Bonchev–Trinajstić information content (AvgIpc) is 3.39. The van der Waals surface area contributed by atoms with E-state index >= 15 is 0 Å². The Labute approximate surface area is 449 Å². The van der Waals surface area contributed by atoms with Crippen molar-refractivity contribution in [1.82, 2.24) is 0 Å². The maximum atomic E-state index is 12.9. The molecule has 0 amide bonds. The van der Waals surface area contributed by atoms with Gasteiger partial charge < -0.3 is 14.2 Å². The topological polar surface area (TPSA) is 78.9 Å². The second kappa shape index (κ2) is 60.1. The Balaban J connectivity index is 4.46. The molecule has 0 aromatic rings. The molecule has 0 bridgehead atoms. The quantitative estimate of drug-likeness (QED) is 0.0261. The summed E-state index contributed by atoms with van der Waals surface area (Å²) in [6, 6.07) is 0. The molecule has 1 atom stereocenters. The molecule has 0 N–H and O–H groups in total. The minimum atomic E-state index is -0.831. The Bertz CT molecular complexity index is 1580. The van der Waals surface area contributed by atoms with E-state index in [-0.39, 0.29) is 44.0 Å². The second-order valence-corrected chi connectivity index (χ2v) is 19.1. The SMILES string of the molecule is CC/C=C\C/C=C\C/C=C\C/C=C\C/C=C\CCCCCC(=O)OC(COC(=O)CC/C=C\C/C=C\C/C=C\C/C=C\CC)COC(=O)CCCCCCCCCCCCC/C=C\C/C=C\CCCCCCC. The maximum absolute atomic E-state index is 12.9. The van der Waals surface area contributed by atoms with Crippen molar-refractivity contribution in [2.75, 3.05) is 13.2 Å². The van der Waals surface area contributed by atoms with E-state index in [1.54, 1.807) is 0 Å². The lowest BCUT2D eigenvalue weighted by Gasteiger charge is -2.18. The average molecular weight is 1010 g/mol. The first kappa shape index (κ1) is 68.6. The number of rotatable bonds is 52. The van der Waals surface area contributed by atoms with Crippen molar-refractivity contribution in [3.05, 3.63) is 134 Å². The van der Waals surface area contributed by atoms with Gasteiger partial charge in [0.2, 0.25) is 0 Å². The molecular weight excluding hydrogens is 901 g/mol. The van der Waals surface area contributed by atoms with E-state index in [2.05, 4.69) is 142 Å². The molecule has 0 aromatic carbocycles. The molecule has 6 heteroatoms. The summed E-state index contributed by atoms with van der Waals surface area (Å²) in [4.78, 5) is 38.1. The van der Waals surface area contributed by atoms with Crippen molar-refractivity contribution in [2.24, 2.45) is 0 Å². The Morgan fingerprint density at radius 1 is 0.288 bits per heavy atom. The van der Waals surface area contributed by atoms with Crippen LogP contribution in [0.2, 0.25) is 0 Å². The van der Waals surface area contributed by atoms with Gasteiger partial charge in [-0.2, -0.15) is 0 Å². The molecule has 0 fully saturated rings. The van der Waals surface area contributed by atoms with Gasteiger partial charge in [-0.1, -0.05) is 244 Å². The number of carbonyl (C=O) groups is 3. The third-order valence-corrected chi connectivity index (χ3v) is 12.1. The zero-order valence-electron chi connectivity index (χ0n) is 47.1. The van der Waals surface area contributed by atoms with Crippen LogP contribution < -0.4 is 0 Å². The molecule has 0 radical (unpaired) electrons. The number of ether oxygens (including phenoxy) is 3. The van der Waals surface area contributed by atoms with Gasteiger partial charge in [0, 0.05) is 19.3 Å². The van der Waals surface area contributed by atoms with E-state index in [0.29, 0.717) is 19.3 Å². The molecule has 0 spiro atoms. The van der Waals surface area contributed by atoms with E-state index in [1.165, 1.54) is 96.3 Å². The van der Waals surface area contributed by atoms with Gasteiger partial charge in [0.15, 0.2) is 6.10 Å². The van der Waals surface area contributed by atoms with Gasteiger partial charge in [0.25, 0.3) is 0 Å². The molecule has 0 aliphatic rings. The number of hydrogen-bond acceptors (Lipinski definition) is 6. The van der Waals surface area contributed by atoms with E-state index in [1.807, 2.05) is 12.2 Å². The predicted molar refractivity (Wildman–Crippen MR) is 316 cm³/mol. The molecule has 73 heavy (non-hydrogen) atoms. The zero-order chi connectivity index (χ0) is 52.9. The summed E-state index contributed by atoms with van der Waals surface area (Å²) in [5, 5.41) is 0. The summed E-state index contributed by atoms with van der Waals surface area (Å²) in [5.74, 6) is -1.04. The lowest BCUT2D eigenvalue weighted by molar-refractivity contribution is -0.166. The van der Waals surface area contributed by atoms with Crippen LogP contribution in [0.1, 0.15) is 252 Å². The molecule has 0 rings (SSSR count). The van der Waals surface area contributed by atoms with Gasteiger partial charge in [0.05, 0.1) is 0 Å². The number of hydrogen-bond donors (Lipinski definition) is 0. The minimum absolute atomic E-state index is 0.119. The largest absolute Gasteiger partial charge is 0.462 e. The first-order valence-corrected chi connectivity index (χ1v) is 29.7. The fraction of sp³-hybridized carbons (Fsp3) is 0.627. The highest BCUT2D eigenvalue weighted by Gasteiger charge is 2.19. The van der Waals surface area contributed by atoms with Crippen molar-refractivity contribution >= 4 is 17.9 Å². The van der Waals surface area contributed by atoms with Crippen LogP contribution in [0.5, 0.6) is 0 Å². The van der Waals surface area contributed by atoms with Crippen LogP contribution in [0.4, 0.5) is 0 Å². The normalized spacial score (nSPS) is 13.1. The van der Waals surface area contributed by atoms with Crippen molar-refractivity contribution in [2.45, 2.75) is 258 Å². The summed E-state index contributed by atoms with van der Waals surface area (Å²) >= 11 is 0. The van der Waals surface area contributed by atoms with Crippen LogP contribution in [0.15, 0.2) is 134 Å². The first-order valence-electron chi connectivity index (χ1n) is 29.7. The van der Waals surface area contributed by atoms with Crippen LogP contribution in [0.3, 0.4) is 0 Å². The Kier molecular flexibility index (Phi) is 56.4. The zero-order valence-corrected chi connectivity index (χ0v) is 47.1. The van der Waals surface area contributed by atoms with Gasteiger partial charge >= 0.3 is 17.9 Å². The lowest BCUT2D eigenvalue weighted by Crippen LogP contribution is -2.30. The fourth-order valence-corrected chi connectivity index (χ4v) is 7.75. The van der Waals surface area contributed by atoms with Gasteiger partial charge in [-0.05, 0) is 122 Å². The van der Waals surface area contributed by atoms with Crippen molar-refractivity contribution in [3.63, 3.8) is 0 Å². The number of esters is 3. The van der Waals surface area contributed by atoms with Crippen LogP contribution >= 0.6 is 0 Å². The van der Waals surface area contributed by atoms with Crippen LogP contribution in [0.25, 0.3) is 0 Å². The molecule has 0 aliphatic heterocycles. The van der Waals surface area contributed by atoms with Gasteiger partial charge in [-0.25, -0.2) is 0 Å². The monoisotopic (exact) mass is 1010 g/mol. The lowest BCUT2D eigenvalue weighted by atomic mass is 10.0. The highest BCUT2D eigenvalue weighted by molar-refractivity contribution is 5.71. The molecule has 0 aromatic heterocycles. The van der Waals surface area contributed by atoms with Gasteiger partial charge in [0.1, 0.15) is 13.2 Å². The van der Waals surface area contributed by atoms with E-state index < -0.39 is 6.10 Å². The first-order chi connectivity index (χ1) is 36.0. The molecule has 0 heterocycles. The van der Waals surface area contributed by atoms with Gasteiger partial charge in [-0.3, -0.25) is 14.4 Å². The van der Waals surface area contributed by atoms with E-state index in [0.717, 1.165) is 103 Å². The molecule has 1 unspecified atom stereocenters. The van der Waals surface area contributed by atoms with Crippen molar-refractivity contribution in [1.29, 1.82) is 0 Å². The standard InChI is InChI=1S/C67H108O6/c1-4-7-10-13-16-19-22-25-27-29-31-32-33-34-36-37-39-42-45-48-51-54-57-60-66(69)72-63-64(62-71-65(68)59-56-53-50-47-44-41-24-21-18-15-12-9-6-3)73-67(70)61-58-55-52-49-46-43-40-38-35-30-28-26-23-20-17-14-11-8-5-2/h8-9,11-12,17-18,20-22,25-26,28-29,31,35,38,41,43-44,46,50,53,64H,4-7,10,13-16,19,23-24,27,30,32-34,36-37,39-40,42,45,47-49,51-52,54-63H2,1-3H3/b11-8-,12-9-,20-17-,21-18-,25-22-,28-26-,31-29-,38-35-,44-41-,46-43-,53-50-. The molecular formula is C67H108O6. The van der Waals surface area contributed by atoms with Crippen LogP contribution in [-0.2, 0) is 28.6 Å².